The third-order valence-corrected chi connectivity index (χ3v) is 3.56. The van der Waals surface area contributed by atoms with Gasteiger partial charge in [-0.05, 0) is 12.3 Å². The van der Waals surface area contributed by atoms with Crippen LogP contribution in [0.1, 0.15) is 38.5 Å². The number of nitrogens with two attached hydrogens (primary N) is 1. The number of carboxylic acid groups (broad SMARTS) is 1. The molecular formula is C11H19F2NO4. The van der Waals surface area contributed by atoms with E-state index in [0.717, 1.165) is 32.1 Å². The Balaban J connectivity index is 2.68. The number of carboxylic acids is 1. The molecule has 0 heterocycles. The molecule has 1 rings (SSSR count). The summed E-state index contributed by atoms with van der Waals surface area (Å²) in [6.45, 7) is 0. The number of aliphatic hydroxyl groups is 2. The quantitative estimate of drug-likeness (QED) is 0.548. The van der Waals surface area contributed by atoms with E-state index in [2.05, 4.69) is 0 Å². The van der Waals surface area contributed by atoms with Gasteiger partial charge in [-0.2, -0.15) is 8.78 Å². The fourth-order valence-electron chi connectivity index (χ4n) is 2.34. The van der Waals surface area contributed by atoms with Crippen molar-refractivity contribution in [3.05, 3.63) is 0 Å². The molecule has 0 spiro atoms. The Kier molecular flexibility index (Phi) is 4.63. The van der Waals surface area contributed by atoms with Crippen molar-refractivity contribution in [2.75, 3.05) is 0 Å². The van der Waals surface area contributed by atoms with Crippen LogP contribution >= 0.6 is 0 Å². The largest absolute Gasteiger partial charge is 0.477 e. The van der Waals surface area contributed by atoms with Crippen LogP contribution in [-0.4, -0.2) is 39.0 Å². The highest BCUT2D eigenvalue weighted by molar-refractivity contribution is 5.76. The first kappa shape index (κ1) is 15.3. The molecule has 0 saturated heterocycles. The van der Waals surface area contributed by atoms with Gasteiger partial charge >= 0.3 is 11.9 Å². The maximum Gasteiger partial charge on any atom is 0.396 e. The normalized spacial score (nSPS) is 20.7. The van der Waals surface area contributed by atoms with Gasteiger partial charge in [-0.25, -0.2) is 4.79 Å². The smallest absolute Gasteiger partial charge is 0.396 e. The number of aliphatic carboxylic acids is 1. The van der Waals surface area contributed by atoms with Gasteiger partial charge in [0.25, 0.3) is 5.79 Å². The van der Waals surface area contributed by atoms with Crippen LogP contribution < -0.4 is 5.73 Å². The average Bonchev–Trinajstić information content (AvgIpc) is 2.29. The SMILES string of the molecule is NC(CC1CCCCC1)C(O)(O)C(F)(F)C(=O)O. The lowest BCUT2D eigenvalue weighted by atomic mass is 9.82. The predicted octanol–water partition coefficient (Wildman–Crippen LogP) is 0.685. The zero-order valence-corrected chi connectivity index (χ0v) is 9.98. The van der Waals surface area contributed by atoms with Gasteiger partial charge < -0.3 is 21.1 Å². The minimum absolute atomic E-state index is 0.0180. The molecule has 1 fully saturated rings. The van der Waals surface area contributed by atoms with E-state index in [1.54, 1.807) is 0 Å². The van der Waals surface area contributed by atoms with Gasteiger partial charge in [-0.15, -0.1) is 0 Å². The lowest BCUT2D eigenvalue weighted by molar-refractivity contribution is -0.300. The van der Waals surface area contributed by atoms with Gasteiger partial charge in [0, 0.05) is 0 Å². The maximum absolute atomic E-state index is 13.1. The van der Waals surface area contributed by atoms with Crippen molar-refractivity contribution in [1.82, 2.24) is 0 Å². The molecule has 106 valence electrons. The van der Waals surface area contributed by atoms with Crippen LogP contribution in [0.25, 0.3) is 0 Å². The van der Waals surface area contributed by atoms with Crippen LogP contribution in [0.4, 0.5) is 8.78 Å². The summed E-state index contributed by atoms with van der Waals surface area (Å²) in [5.74, 6) is -11.0. The van der Waals surface area contributed by atoms with Crippen molar-refractivity contribution in [3.63, 3.8) is 0 Å². The van der Waals surface area contributed by atoms with E-state index in [1.165, 1.54) is 0 Å². The van der Waals surface area contributed by atoms with E-state index in [9.17, 15) is 23.8 Å². The molecule has 1 atom stereocenters. The van der Waals surface area contributed by atoms with Crippen molar-refractivity contribution in [3.8, 4) is 0 Å². The fraction of sp³-hybridized carbons (Fsp3) is 0.909. The van der Waals surface area contributed by atoms with Crippen molar-refractivity contribution in [2.45, 2.75) is 56.3 Å². The summed E-state index contributed by atoms with van der Waals surface area (Å²) in [6.07, 6.45) is 4.55. The summed E-state index contributed by atoms with van der Waals surface area (Å²) in [4.78, 5) is 10.3. The third-order valence-electron chi connectivity index (χ3n) is 3.56. The third kappa shape index (κ3) is 2.96. The van der Waals surface area contributed by atoms with Gasteiger partial charge in [0.1, 0.15) is 0 Å². The number of halogens is 2. The zero-order valence-electron chi connectivity index (χ0n) is 9.98. The number of rotatable bonds is 5. The monoisotopic (exact) mass is 267 g/mol. The topological polar surface area (TPSA) is 104 Å². The molecule has 18 heavy (non-hydrogen) atoms. The van der Waals surface area contributed by atoms with Crippen LogP contribution in [0.15, 0.2) is 0 Å². The molecule has 0 bridgehead atoms. The van der Waals surface area contributed by atoms with Gasteiger partial charge in [0.15, 0.2) is 0 Å². The van der Waals surface area contributed by atoms with E-state index in [1.807, 2.05) is 0 Å². The zero-order chi connectivity index (χ0) is 14.0. The molecule has 0 aromatic carbocycles. The molecule has 7 heteroatoms. The first-order chi connectivity index (χ1) is 8.19. The molecule has 5 nitrogen and oxygen atoms in total. The summed E-state index contributed by atoms with van der Waals surface area (Å²) in [6, 6.07) is -1.69. The highest BCUT2D eigenvalue weighted by atomic mass is 19.3. The van der Waals surface area contributed by atoms with Gasteiger partial charge in [-0.3, -0.25) is 0 Å². The van der Waals surface area contributed by atoms with Gasteiger partial charge in [0.2, 0.25) is 0 Å². The van der Waals surface area contributed by atoms with Crippen LogP contribution in [0.3, 0.4) is 0 Å². The Morgan fingerprint density at radius 2 is 1.78 bits per heavy atom. The Morgan fingerprint density at radius 1 is 1.28 bits per heavy atom. The molecule has 5 N–H and O–H groups in total. The van der Waals surface area contributed by atoms with E-state index >= 15 is 0 Å². The van der Waals surface area contributed by atoms with Crippen molar-refractivity contribution in [2.24, 2.45) is 11.7 Å². The van der Waals surface area contributed by atoms with Crippen LogP contribution in [-0.2, 0) is 4.79 Å². The summed E-state index contributed by atoms with van der Waals surface area (Å²) in [5.41, 5.74) is 5.36. The number of hydrogen-bond donors (Lipinski definition) is 4. The molecule has 1 saturated carbocycles. The van der Waals surface area contributed by atoms with E-state index in [4.69, 9.17) is 10.8 Å². The van der Waals surface area contributed by atoms with Crippen LogP contribution in [0.5, 0.6) is 0 Å². The minimum Gasteiger partial charge on any atom is -0.477 e. The summed E-state index contributed by atoms with van der Waals surface area (Å²) >= 11 is 0. The minimum atomic E-state index is -4.68. The molecule has 1 aliphatic carbocycles. The molecule has 0 aromatic heterocycles. The molecule has 0 radical (unpaired) electrons. The van der Waals surface area contributed by atoms with Crippen molar-refractivity contribution < 1.29 is 28.9 Å². The van der Waals surface area contributed by atoms with Crippen LogP contribution in [0, 0.1) is 5.92 Å². The lowest BCUT2D eigenvalue weighted by Gasteiger charge is -2.35. The second-order valence-electron chi connectivity index (χ2n) is 4.95. The summed E-state index contributed by atoms with van der Waals surface area (Å²) < 4.78 is 26.3. The molecule has 0 aliphatic heterocycles. The van der Waals surface area contributed by atoms with E-state index in [-0.39, 0.29) is 12.3 Å². The van der Waals surface area contributed by atoms with Crippen molar-refractivity contribution in [1.29, 1.82) is 0 Å². The molecule has 0 aromatic rings. The molecule has 1 unspecified atom stereocenters. The highest BCUT2D eigenvalue weighted by Crippen LogP contribution is 2.34. The molecular weight excluding hydrogens is 248 g/mol. The molecule has 0 amide bonds. The Hall–Kier alpha value is -0.790. The number of carbonyl (C=O) groups is 1. The standard InChI is InChI=1S/C11H19F2NO4/c12-10(13,9(15)16)11(17,18)8(14)6-7-4-2-1-3-5-7/h7-8,17-18H,1-6,14H2,(H,15,16). The summed E-state index contributed by atoms with van der Waals surface area (Å²) in [7, 11) is 0. The fourth-order valence-corrected chi connectivity index (χ4v) is 2.34. The number of alkyl halides is 2. The Labute approximate surface area is 104 Å². The number of hydrogen-bond acceptors (Lipinski definition) is 4. The second kappa shape index (κ2) is 5.46. The van der Waals surface area contributed by atoms with Gasteiger partial charge in [0.05, 0.1) is 6.04 Å². The highest BCUT2D eigenvalue weighted by Gasteiger charge is 2.61. The molecule has 1 aliphatic rings. The van der Waals surface area contributed by atoms with Crippen LogP contribution in [0.2, 0.25) is 0 Å². The van der Waals surface area contributed by atoms with Gasteiger partial charge in [-0.1, -0.05) is 32.1 Å². The first-order valence-electron chi connectivity index (χ1n) is 6.01. The predicted molar refractivity (Wildman–Crippen MR) is 58.9 cm³/mol. The van der Waals surface area contributed by atoms with E-state index in [0.29, 0.717) is 0 Å². The Morgan fingerprint density at radius 3 is 2.22 bits per heavy atom. The summed E-state index contributed by atoms with van der Waals surface area (Å²) in [5, 5.41) is 26.9. The Bertz CT molecular complexity index is 303. The van der Waals surface area contributed by atoms with E-state index < -0.39 is 23.7 Å². The first-order valence-corrected chi connectivity index (χ1v) is 6.01. The maximum atomic E-state index is 13.1. The lowest BCUT2D eigenvalue weighted by Crippen LogP contribution is -2.63. The second-order valence-corrected chi connectivity index (χ2v) is 4.95. The average molecular weight is 267 g/mol. The van der Waals surface area contributed by atoms with Crippen molar-refractivity contribution >= 4 is 5.97 Å².